The first-order chi connectivity index (χ1) is 6.97. The number of ketones is 1. The van der Waals surface area contributed by atoms with E-state index >= 15 is 0 Å². The Hall–Kier alpha value is -1.61. The van der Waals surface area contributed by atoms with E-state index in [-0.39, 0.29) is 12.2 Å². The average molecular weight is 205 g/mol. The number of benzene rings is 1. The minimum absolute atomic E-state index is 0.0427. The van der Waals surface area contributed by atoms with Gasteiger partial charge in [0, 0.05) is 6.42 Å². The second kappa shape index (κ2) is 4.28. The van der Waals surface area contributed by atoms with Crippen LogP contribution in [0, 0.1) is 6.07 Å². The van der Waals surface area contributed by atoms with Crippen LogP contribution in [0.15, 0.2) is 30.9 Å². The summed E-state index contributed by atoms with van der Waals surface area (Å²) in [5.41, 5.74) is -1.05. The molecule has 0 spiro atoms. The number of phenolic OH excluding ortho intramolecular Hbond substituents is 1. The van der Waals surface area contributed by atoms with Crippen molar-refractivity contribution in [3.63, 3.8) is 0 Å². The fourth-order valence-electron chi connectivity index (χ4n) is 1.28. The number of carbonyl (C=O) groups is 1. The molecular formula is C12H13O3. The number of carbonyl (C=O) groups excluding carboxylic acids is 1. The van der Waals surface area contributed by atoms with Gasteiger partial charge in [-0.1, -0.05) is 12.6 Å². The van der Waals surface area contributed by atoms with Crippen LogP contribution in [-0.4, -0.2) is 21.6 Å². The van der Waals surface area contributed by atoms with E-state index in [2.05, 4.69) is 12.6 Å². The van der Waals surface area contributed by atoms with Gasteiger partial charge in [-0.25, -0.2) is 0 Å². The van der Waals surface area contributed by atoms with Crippen molar-refractivity contribution in [1.82, 2.24) is 0 Å². The third-order valence-electron chi connectivity index (χ3n) is 2.17. The van der Waals surface area contributed by atoms with E-state index in [0.717, 1.165) is 6.08 Å². The number of hydrogen-bond acceptors (Lipinski definition) is 3. The molecule has 79 valence electrons. The highest BCUT2D eigenvalue weighted by molar-refractivity contribution is 5.96. The predicted molar refractivity (Wildman–Crippen MR) is 56.5 cm³/mol. The first-order valence-electron chi connectivity index (χ1n) is 4.54. The summed E-state index contributed by atoms with van der Waals surface area (Å²) >= 11 is 0. The lowest BCUT2D eigenvalue weighted by atomic mass is 9.92. The van der Waals surface area contributed by atoms with E-state index in [1.54, 1.807) is 12.1 Å². The highest BCUT2D eigenvalue weighted by Crippen LogP contribution is 2.22. The minimum atomic E-state index is -1.53. The molecule has 0 saturated heterocycles. The Bertz CT molecular complexity index is 380. The normalized spacial score (nSPS) is 14.3. The molecule has 15 heavy (non-hydrogen) atoms. The molecule has 3 nitrogen and oxygen atoms in total. The van der Waals surface area contributed by atoms with Crippen LogP contribution in [0.1, 0.15) is 12.5 Å². The molecule has 0 fully saturated rings. The van der Waals surface area contributed by atoms with Crippen LogP contribution in [-0.2, 0) is 11.2 Å². The largest absolute Gasteiger partial charge is 0.508 e. The monoisotopic (exact) mass is 205 g/mol. The number of phenols is 1. The average Bonchev–Trinajstić information content (AvgIpc) is 2.20. The summed E-state index contributed by atoms with van der Waals surface area (Å²) in [4.78, 5) is 11.3. The third-order valence-corrected chi connectivity index (χ3v) is 2.17. The van der Waals surface area contributed by atoms with E-state index in [4.69, 9.17) is 0 Å². The highest BCUT2D eigenvalue weighted by atomic mass is 16.3. The summed E-state index contributed by atoms with van der Waals surface area (Å²) in [6.45, 7) is 4.70. The summed E-state index contributed by atoms with van der Waals surface area (Å²) in [6.07, 6.45) is 1.12. The Balaban J connectivity index is 2.91. The van der Waals surface area contributed by atoms with Gasteiger partial charge in [-0.2, -0.15) is 0 Å². The van der Waals surface area contributed by atoms with Crippen molar-refractivity contribution in [1.29, 1.82) is 0 Å². The van der Waals surface area contributed by atoms with Crippen molar-refractivity contribution < 1.29 is 15.0 Å². The molecule has 1 atom stereocenters. The molecule has 0 aliphatic heterocycles. The van der Waals surface area contributed by atoms with Gasteiger partial charge in [0.2, 0.25) is 0 Å². The number of rotatable bonds is 4. The van der Waals surface area contributed by atoms with Crippen molar-refractivity contribution in [2.24, 2.45) is 0 Å². The molecule has 0 aromatic heterocycles. The number of aliphatic hydroxyl groups is 1. The van der Waals surface area contributed by atoms with Crippen molar-refractivity contribution in [3.05, 3.63) is 42.5 Å². The molecule has 1 rings (SSSR count). The van der Waals surface area contributed by atoms with E-state index in [1.807, 2.05) is 0 Å². The fraction of sp³-hybridized carbons (Fsp3) is 0.250. The van der Waals surface area contributed by atoms with Crippen LogP contribution < -0.4 is 0 Å². The number of aromatic hydroxyl groups is 1. The van der Waals surface area contributed by atoms with Crippen LogP contribution in [0.2, 0.25) is 0 Å². The quantitative estimate of drug-likeness (QED) is 0.727. The van der Waals surface area contributed by atoms with Crippen molar-refractivity contribution in [2.75, 3.05) is 0 Å². The van der Waals surface area contributed by atoms with Gasteiger partial charge in [0.1, 0.15) is 11.4 Å². The lowest BCUT2D eigenvalue weighted by molar-refractivity contribution is -0.130. The van der Waals surface area contributed by atoms with Crippen LogP contribution in [0.25, 0.3) is 0 Å². The lowest BCUT2D eigenvalue weighted by Crippen LogP contribution is -2.36. The molecule has 0 aliphatic carbocycles. The number of hydrogen-bond donors (Lipinski definition) is 2. The SMILES string of the molecule is C=CC(=O)C(C)(O)Cc1c[c]ccc1O. The van der Waals surface area contributed by atoms with E-state index in [9.17, 15) is 15.0 Å². The Morgan fingerprint density at radius 1 is 1.73 bits per heavy atom. The molecule has 1 radical (unpaired) electrons. The first-order valence-corrected chi connectivity index (χ1v) is 4.54. The van der Waals surface area contributed by atoms with Gasteiger partial charge in [-0.3, -0.25) is 4.79 Å². The molecule has 0 saturated carbocycles. The van der Waals surface area contributed by atoms with Gasteiger partial charge in [0.15, 0.2) is 5.78 Å². The zero-order valence-electron chi connectivity index (χ0n) is 8.53. The minimum Gasteiger partial charge on any atom is -0.508 e. The maximum absolute atomic E-state index is 11.3. The summed E-state index contributed by atoms with van der Waals surface area (Å²) in [6, 6.07) is 7.34. The second-order valence-electron chi connectivity index (χ2n) is 3.57. The standard InChI is InChI=1S/C12H13O3/c1-3-11(14)12(2,15)8-9-6-4-5-7-10(9)13/h3,5-7,13,15H,1,8H2,2H3. The molecule has 2 N–H and O–H groups in total. The lowest BCUT2D eigenvalue weighted by Gasteiger charge is -2.20. The van der Waals surface area contributed by atoms with E-state index in [1.165, 1.54) is 13.0 Å². The zero-order chi connectivity index (χ0) is 11.5. The zero-order valence-corrected chi connectivity index (χ0v) is 8.53. The summed E-state index contributed by atoms with van der Waals surface area (Å²) in [5.74, 6) is -0.420. The molecule has 1 aromatic rings. The molecule has 3 heteroatoms. The van der Waals surface area contributed by atoms with Gasteiger partial charge in [0.25, 0.3) is 0 Å². The molecule has 0 heterocycles. The van der Waals surface area contributed by atoms with Crippen LogP contribution in [0.4, 0.5) is 0 Å². The molecule has 0 amide bonds. The van der Waals surface area contributed by atoms with Gasteiger partial charge in [-0.05, 0) is 36.8 Å². The van der Waals surface area contributed by atoms with Crippen molar-refractivity contribution >= 4 is 5.78 Å². The molecule has 1 unspecified atom stereocenters. The van der Waals surface area contributed by atoms with E-state index < -0.39 is 11.4 Å². The Morgan fingerprint density at radius 2 is 2.40 bits per heavy atom. The Morgan fingerprint density at radius 3 is 2.93 bits per heavy atom. The van der Waals surface area contributed by atoms with Crippen molar-refractivity contribution in [3.8, 4) is 5.75 Å². The third kappa shape index (κ3) is 2.67. The van der Waals surface area contributed by atoms with Gasteiger partial charge >= 0.3 is 0 Å². The smallest absolute Gasteiger partial charge is 0.186 e. The summed E-state index contributed by atoms with van der Waals surface area (Å²) in [5, 5.41) is 19.3. The predicted octanol–water partition coefficient (Wildman–Crippen LogP) is 1.24. The highest BCUT2D eigenvalue weighted by Gasteiger charge is 2.28. The maximum Gasteiger partial charge on any atom is 0.186 e. The maximum atomic E-state index is 11.3. The Labute approximate surface area is 88.7 Å². The van der Waals surface area contributed by atoms with Gasteiger partial charge < -0.3 is 10.2 Å². The van der Waals surface area contributed by atoms with Crippen LogP contribution >= 0.6 is 0 Å². The summed E-state index contributed by atoms with van der Waals surface area (Å²) < 4.78 is 0. The van der Waals surface area contributed by atoms with Crippen molar-refractivity contribution in [2.45, 2.75) is 18.9 Å². The second-order valence-corrected chi connectivity index (χ2v) is 3.57. The van der Waals surface area contributed by atoms with Crippen LogP contribution in [0.5, 0.6) is 5.75 Å². The first kappa shape index (κ1) is 11.5. The van der Waals surface area contributed by atoms with E-state index in [0.29, 0.717) is 5.56 Å². The molecular weight excluding hydrogens is 192 g/mol. The summed E-state index contributed by atoms with van der Waals surface area (Å²) in [7, 11) is 0. The molecule has 0 aliphatic rings. The molecule has 1 aromatic carbocycles. The van der Waals surface area contributed by atoms with Gasteiger partial charge in [0.05, 0.1) is 0 Å². The van der Waals surface area contributed by atoms with Crippen LogP contribution in [0.3, 0.4) is 0 Å². The van der Waals surface area contributed by atoms with Gasteiger partial charge in [-0.15, -0.1) is 0 Å². The molecule has 0 bridgehead atoms. The topological polar surface area (TPSA) is 57.5 Å². The Kier molecular flexibility index (Phi) is 3.27. The fourth-order valence-corrected chi connectivity index (χ4v) is 1.28.